The molecule has 9 heteroatoms. The molecule has 0 heterocycles. The number of hydrogen-bond donors (Lipinski definition) is 2. The van der Waals surface area contributed by atoms with Crippen LogP contribution in [0.25, 0.3) is 0 Å². The minimum atomic E-state index is -3.30. The fraction of sp³-hybridized carbons (Fsp3) is 0.368. The molecule has 0 amide bonds. The number of hydrogen-bond acceptors (Lipinski definition) is 5. The van der Waals surface area contributed by atoms with Crippen LogP contribution in [0.2, 0.25) is 10.0 Å². The number of halogens is 2. The van der Waals surface area contributed by atoms with Crippen LogP contribution < -0.4 is 14.4 Å². The van der Waals surface area contributed by atoms with Gasteiger partial charge in [-0.05, 0) is 61.0 Å². The van der Waals surface area contributed by atoms with E-state index in [0.29, 0.717) is 34.6 Å². The van der Waals surface area contributed by atoms with Gasteiger partial charge < -0.3 is 15.2 Å². The van der Waals surface area contributed by atoms with Crippen molar-refractivity contribution in [2.24, 2.45) is 0 Å². The largest absolute Gasteiger partial charge is 0.491 e. The van der Waals surface area contributed by atoms with E-state index in [9.17, 15) is 13.5 Å². The number of benzene rings is 2. The third kappa shape index (κ3) is 7.48. The molecular weight excluding hydrogens is 423 g/mol. The summed E-state index contributed by atoms with van der Waals surface area (Å²) in [6.45, 7) is 1.17. The minimum absolute atomic E-state index is 0.122. The van der Waals surface area contributed by atoms with E-state index in [1.807, 2.05) is 12.1 Å². The van der Waals surface area contributed by atoms with Crippen molar-refractivity contribution in [2.45, 2.75) is 12.5 Å². The van der Waals surface area contributed by atoms with Gasteiger partial charge in [-0.3, -0.25) is 4.31 Å². The highest BCUT2D eigenvalue weighted by Gasteiger charge is 2.12. The molecule has 0 spiro atoms. The zero-order valence-corrected chi connectivity index (χ0v) is 18.1. The predicted octanol–water partition coefficient (Wildman–Crippen LogP) is 2.96. The summed E-state index contributed by atoms with van der Waals surface area (Å²) >= 11 is 11.9. The molecule has 0 aromatic heterocycles. The van der Waals surface area contributed by atoms with Gasteiger partial charge >= 0.3 is 0 Å². The fourth-order valence-corrected chi connectivity index (χ4v) is 3.53. The summed E-state index contributed by atoms with van der Waals surface area (Å²) in [4.78, 5) is 0. The SMILES string of the molecule is CN(c1ccc(OC[C@@H](O)CNCCc2cc(Cl)cc(Cl)c2)cc1)S(C)(=O)=O. The average molecular weight is 447 g/mol. The third-order valence-corrected chi connectivity index (χ3v) is 5.68. The number of ether oxygens (including phenoxy) is 1. The van der Waals surface area contributed by atoms with Gasteiger partial charge in [0, 0.05) is 23.6 Å². The lowest BCUT2D eigenvalue weighted by Gasteiger charge is -2.17. The molecular formula is C19H24Cl2N2O4S. The Kier molecular flexibility index (Phi) is 8.39. The molecule has 2 rings (SSSR count). The first kappa shape index (κ1) is 22.8. The van der Waals surface area contributed by atoms with E-state index in [0.717, 1.165) is 18.2 Å². The van der Waals surface area contributed by atoms with E-state index in [2.05, 4.69) is 5.32 Å². The molecule has 2 N–H and O–H groups in total. The van der Waals surface area contributed by atoms with Crippen LogP contribution in [0.3, 0.4) is 0 Å². The fourth-order valence-electron chi connectivity index (χ4n) is 2.45. The second-order valence-electron chi connectivity index (χ2n) is 6.42. The Morgan fingerprint density at radius 2 is 1.75 bits per heavy atom. The van der Waals surface area contributed by atoms with Crippen molar-refractivity contribution in [3.05, 3.63) is 58.1 Å². The lowest BCUT2D eigenvalue weighted by Crippen LogP contribution is -2.32. The highest BCUT2D eigenvalue weighted by Crippen LogP contribution is 2.20. The molecule has 0 unspecified atom stereocenters. The molecule has 0 bridgehead atoms. The van der Waals surface area contributed by atoms with E-state index in [-0.39, 0.29) is 6.61 Å². The first-order valence-electron chi connectivity index (χ1n) is 8.65. The summed E-state index contributed by atoms with van der Waals surface area (Å²) in [5.74, 6) is 0.554. The monoisotopic (exact) mass is 446 g/mol. The van der Waals surface area contributed by atoms with Gasteiger partial charge in [-0.15, -0.1) is 0 Å². The summed E-state index contributed by atoms with van der Waals surface area (Å²) in [7, 11) is -1.82. The molecule has 2 aromatic carbocycles. The van der Waals surface area contributed by atoms with Gasteiger partial charge in [0.15, 0.2) is 0 Å². The van der Waals surface area contributed by atoms with E-state index >= 15 is 0 Å². The Morgan fingerprint density at radius 3 is 2.32 bits per heavy atom. The zero-order valence-electron chi connectivity index (χ0n) is 15.7. The average Bonchev–Trinajstić information content (AvgIpc) is 2.62. The molecule has 28 heavy (non-hydrogen) atoms. The van der Waals surface area contributed by atoms with Gasteiger partial charge in [0.25, 0.3) is 0 Å². The number of nitrogens with zero attached hydrogens (tertiary/aromatic N) is 1. The number of nitrogens with one attached hydrogen (secondary N) is 1. The van der Waals surface area contributed by atoms with Crippen LogP contribution in [0.1, 0.15) is 5.56 Å². The van der Waals surface area contributed by atoms with Crippen LogP contribution in [0.4, 0.5) is 5.69 Å². The predicted molar refractivity (Wildman–Crippen MR) is 114 cm³/mol. The molecule has 0 aliphatic heterocycles. The van der Waals surface area contributed by atoms with Crippen molar-refractivity contribution >= 4 is 38.9 Å². The van der Waals surface area contributed by atoms with Gasteiger partial charge in [0.2, 0.25) is 10.0 Å². The molecule has 154 valence electrons. The lowest BCUT2D eigenvalue weighted by atomic mass is 10.1. The smallest absolute Gasteiger partial charge is 0.231 e. The van der Waals surface area contributed by atoms with Crippen LogP contribution in [0.15, 0.2) is 42.5 Å². The topological polar surface area (TPSA) is 78.9 Å². The number of rotatable bonds is 10. The van der Waals surface area contributed by atoms with E-state index in [4.69, 9.17) is 27.9 Å². The Morgan fingerprint density at radius 1 is 1.14 bits per heavy atom. The standard InChI is InChI=1S/C19H24Cl2N2O4S/c1-23(28(2,25)26)17-3-5-19(6-4-17)27-13-18(24)12-22-8-7-14-9-15(20)11-16(21)10-14/h3-6,9-11,18,22,24H,7-8,12-13H2,1-2H3/t18-/m0/s1. The molecule has 0 aliphatic carbocycles. The van der Waals surface area contributed by atoms with Gasteiger partial charge in [-0.25, -0.2) is 8.42 Å². The van der Waals surface area contributed by atoms with Crippen LogP contribution in [-0.4, -0.2) is 52.6 Å². The van der Waals surface area contributed by atoms with Crippen LogP contribution in [-0.2, 0) is 16.4 Å². The molecule has 1 atom stereocenters. The van der Waals surface area contributed by atoms with Crippen molar-refractivity contribution in [3.63, 3.8) is 0 Å². The van der Waals surface area contributed by atoms with Crippen molar-refractivity contribution in [1.82, 2.24) is 5.32 Å². The van der Waals surface area contributed by atoms with Crippen LogP contribution >= 0.6 is 23.2 Å². The van der Waals surface area contributed by atoms with Gasteiger partial charge in [0.05, 0.1) is 11.9 Å². The van der Waals surface area contributed by atoms with Gasteiger partial charge in [-0.1, -0.05) is 23.2 Å². The summed E-state index contributed by atoms with van der Waals surface area (Å²) in [6.07, 6.45) is 1.20. The Bertz CT molecular complexity index is 856. The second kappa shape index (κ2) is 10.3. The normalized spacial score (nSPS) is 12.6. The summed E-state index contributed by atoms with van der Waals surface area (Å²) in [6, 6.07) is 12.0. The highest BCUT2D eigenvalue weighted by atomic mass is 35.5. The molecule has 6 nitrogen and oxygen atoms in total. The maximum absolute atomic E-state index is 11.5. The van der Waals surface area contributed by atoms with Crippen molar-refractivity contribution in [3.8, 4) is 5.75 Å². The van der Waals surface area contributed by atoms with Crippen LogP contribution in [0.5, 0.6) is 5.75 Å². The van der Waals surface area contributed by atoms with Crippen LogP contribution in [0, 0.1) is 0 Å². The van der Waals surface area contributed by atoms with Crippen molar-refractivity contribution < 1.29 is 18.3 Å². The zero-order chi connectivity index (χ0) is 20.7. The van der Waals surface area contributed by atoms with E-state index in [1.165, 1.54) is 11.4 Å². The minimum Gasteiger partial charge on any atom is -0.491 e. The molecule has 0 saturated carbocycles. The number of anilines is 1. The number of sulfonamides is 1. The maximum atomic E-state index is 11.5. The molecule has 0 saturated heterocycles. The number of aliphatic hydroxyl groups is 1. The van der Waals surface area contributed by atoms with Crippen molar-refractivity contribution in [1.29, 1.82) is 0 Å². The highest BCUT2D eigenvalue weighted by molar-refractivity contribution is 7.92. The second-order valence-corrected chi connectivity index (χ2v) is 9.31. The molecule has 2 aromatic rings. The van der Waals surface area contributed by atoms with E-state index < -0.39 is 16.1 Å². The Balaban J connectivity index is 1.71. The van der Waals surface area contributed by atoms with Gasteiger partial charge in [-0.2, -0.15) is 0 Å². The molecule has 0 aliphatic rings. The van der Waals surface area contributed by atoms with Gasteiger partial charge in [0.1, 0.15) is 18.5 Å². The first-order chi connectivity index (χ1) is 13.1. The summed E-state index contributed by atoms with van der Waals surface area (Å²) in [5.41, 5.74) is 1.56. The molecule has 0 radical (unpaired) electrons. The van der Waals surface area contributed by atoms with E-state index in [1.54, 1.807) is 30.3 Å². The Hall–Kier alpha value is -1.51. The third-order valence-electron chi connectivity index (χ3n) is 4.03. The summed E-state index contributed by atoms with van der Waals surface area (Å²) in [5, 5.41) is 14.4. The summed E-state index contributed by atoms with van der Waals surface area (Å²) < 4.78 is 29.8. The maximum Gasteiger partial charge on any atom is 0.231 e. The lowest BCUT2D eigenvalue weighted by molar-refractivity contribution is 0.106. The first-order valence-corrected chi connectivity index (χ1v) is 11.3. The number of aliphatic hydroxyl groups excluding tert-OH is 1. The Labute approximate surface area is 176 Å². The van der Waals surface area contributed by atoms with Crippen molar-refractivity contribution in [2.75, 3.05) is 37.3 Å². The quantitative estimate of drug-likeness (QED) is 0.548. The molecule has 0 fully saturated rings.